The molecule has 0 nitrogen and oxygen atoms in total. The summed E-state index contributed by atoms with van der Waals surface area (Å²) in [6.07, 6.45) is 6.15. The molecule has 0 spiro atoms. The molecule has 10 heavy (non-hydrogen) atoms. The summed E-state index contributed by atoms with van der Waals surface area (Å²) < 4.78 is 3.83. The van der Waals surface area contributed by atoms with Crippen LogP contribution in [0, 0.1) is 0 Å². The second-order valence-electron chi connectivity index (χ2n) is 2.44. The molecular formula is C9H15In-. The van der Waals surface area contributed by atoms with E-state index in [4.69, 9.17) is 0 Å². The third-order valence-electron chi connectivity index (χ3n) is 1.50. The van der Waals surface area contributed by atoms with E-state index in [0.717, 1.165) is 0 Å². The van der Waals surface area contributed by atoms with Crippen LogP contribution in [0.4, 0.5) is 0 Å². The van der Waals surface area contributed by atoms with Gasteiger partial charge in [-0.2, -0.15) is 0 Å². The first-order valence-electron chi connectivity index (χ1n) is 3.67. The van der Waals surface area contributed by atoms with Gasteiger partial charge in [-0.05, 0) is 0 Å². The fraction of sp³-hybridized carbons (Fsp3) is 0.333. The third kappa shape index (κ3) is 4.92. The standard InChI is InChI=1S/3C3H5.In/c3*1-3-2;/h3*3H,1-2H2;/q;;;-1. The second kappa shape index (κ2) is 7.20. The molecule has 0 fully saturated rings. The van der Waals surface area contributed by atoms with E-state index >= 15 is 0 Å². The van der Waals surface area contributed by atoms with E-state index in [1.54, 1.807) is 0 Å². The normalized spacial score (nSPS) is 9.30. The van der Waals surface area contributed by atoms with Gasteiger partial charge in [0, 0.05) is 0 Å². The zero-order chi connectivity index (χ0) is 7.82. The monoisotopic (exact) mass is 238 g/mol. The van der Waals surface area contributed by atoms with E-state index in [1.807, 2.05) is 18.2 Å². The van der Waals surface area contributed by atoms with Gasteiger partial charge < -0.3 is 0 Å². The third-order valence-corrected chi connectivity index (χ3v) is 10.1. The molecule has 0 aromatic heterocycles. The minimum absolute atomic E-state index is 1.23. The summed E-state index contributed by atoms with van der Waals surface area (Å²) in [5, 5.41) is 0. The Hall–Kier alpha value is 0.0901. The van der Waals surface area contributed by atoms with Crippen molar-refractivity contribution in [3.63, 3.8) is 0 Å². The van der Waals surface area contributed by atoms with E-state index in [9.17, 15) is 0 Å². The maximum absolute atomic E-state index is 3.75. The van der Waals surface area contributed by atoms with Gasteiger partial charge in [0.25, 0.3) is 0 Å². The summed E-state index contributed by atoms with van der Waals surface area (Å²) >= 11 is -1.23. The van der Waals surface area contributed by atoms with Crippen molar-refractivity contribution < 1.29 is 0 Å². The zero-order valence-electron chi connectivity index (χ0n) is 6.55. The molecular weight excluding hydrogens is 223 g/mol. The molecule has 0 amide bonds. The molecule has 1 radical (unpaired) electrons. The van der Waals surface area contributed by atoms with Gasteiger partial charge in [-0.15, -0.1) is 0 Å². The Morgan fingerprint density at radius 1 is 0.800 bits per heavy atom. The van der Waals surface area contributed by atoms with Gasteiger partial charge in [0.05, 0.1) is 0 Å². The molecule has 0 heterocycles. The Morgan fingerprint density at radius 3 is 1.30 bits per heavy atom. The number of rotatable bonds is 6. The van der Waals surface area contributed by atoms with E-state index in [0.29, 0.717) is 0 Å². The summed E-state index contributed by atoms with van der Waals surface area (Å²) in [7, 11) is 0. The first-order valence-corrected chi connectivity index (χ1v) is 10.7. The van der Waals surface area contributed by atoms with Crippen LogP contribution in [0.3, 0.4) is 0 Å². The van der Waals surface area contributed by atoms with Crippen molar-refractivity contribution in [3.8, 4) is 0 Å². The fourth-order valence-corrected chi connectivity index (χ4v) is 6.68. The Balaban J connectivity index is 3.58. The van der Waals surface area contributed by atoms with E-state index in [2.05, 4.69) is 19.7 Å². The van der Waals surface area contributed by atoms with Crippen LogP contribution in [0.25, 0.3) is 0 Å². The van der Waals surface area contributed by atoms with Gasteiger partial charge in [0.1, 0.15) is 0 Å². The summed E-state index contributed by atoms with van der Waals surface area (Å²) in [6.45, 7) is 11.2. The molecule has 0 aromatic rings. The quantitative estimate of drug-likeness (QED) is 0.624. The molecule has 0 rings (SSSR count). The molecule has 0 atom stereocenters. The van der Waals surface area contributed by atoms with Crippen LogP contribution in [-0.2, 0) is 0 Å². The molecule has 0 bridgehead atoms. The van der Waals surface area contributed by atoms with Crippen molar-refractivity contribution in [1.82, 2.24) is 0 Å². The first kappa shape index (κ1) is 10.1. The number of allylic oxidation sites excluding steroid dienone is 3. The Labute approximate surface area is 71.9 Å². The molecule has 0 aliphatic rings. The van der Waals surface area contributed by atoms with Crippen LogP contribution in [0.2, 0.25) is 12.5 Å². The van der Waals surface area contributed by atoms with Gasteiger partial charge in [0.15, 0.2) is 0 Å². The topological polar surface area (TPSA) is 0 Å². The Morgan fingerprint density at radius 2 is 1.10 bits per heavy atom. The summed E-state index contributed by atoms with van der Waals surface area (Å²) in [5.41, 5.74) is 0. The van der Waals surface area contributed by atoms with Crippen molar-refractivity contribution in [2.24, 2.45) is 0 Å². The zero-order valence-corrected chi connectivity index (χ0v) is 9.85. The molecule has 0 saturated carbocycles. The van der Waals surface area contributed by atoms with Crippen molar-refractivity contribution >= 4 is 21.4 Å². The predicted molar refractivity (Wildman–Crippen MR) is 50.8 cm³/mol. The van der Waals surface area contributed by atoms with Gasteiger partial charge >= 0.3 is 71.9 Å². The van der Waals surface area contributed by atoms with Crippen LogP contribution in [0.1, 0.15) is 0 Å². The van der Waals surface area contributed by atoms with Gasteiger partial charge in [-0.3, -0.25) is 0 Å². The Bertz CT molecular complexity index is 92.1. The molecule has 0 unspecified atom stereocenters. The molecule has 0 aliphatic carbocycles. The molecule has 0 aliphatic heterocycles. The molecule has 55 valence electrons. The number of hydrogen-bond acceptors (Lipinski definition) is 0. The van der Waals surface area contributed by atoms with E-state index < -0.39 is 21.4 Å². The molecule has 0 saturated heterocycles. The van der Waals surface area contributed by atoms with Crippen molar-refractivity contribution in [2.45, 2.75) is 12.5 Å². The summed E-state index contributed by atoms with van der Waals surface area (Å²) in [6, 6.07) is 0. The van der Waals surface area contributed by atoms with Crippen molar-refractivity contribution in [2.75, 3.05) is 0 Å². The SMILES string of the molecule is C=C[CH2][In-]([CH2]C=C)[CH2]C=C. The minimum atomic E-state index is -1.23. The van der Waals surface area contributed by atoms with Gasteiger partial charge in [-0.25, -0.2) is 0 Å². The maximum atomic E-state index is 3.75. The first-order chi connectivity index (χ1) is 4.85. The predicted octanol–water partition coefficient (Wildman–Crippen LogP) is 3.04. The fourth-order valence-electron chi connectivity index (χ4n) is 0.996. The van der Waals surface area contributed by atoms with Crippen LogP contribution in [0.15, 0.2) is 38.0 Å². The van der Waals surface area contributed by atoms with E-state index in [-0.39, 0.29) is 0 Å². The van der Waals surface area contributed by atoms with Crippen molar-refractivity contribution in [3.05, 3.63) is 38.0 Å². The van der Waals surface area contributed by atoms with Crippen LogP contribution < -0.4 is 0 Å². The van der Waals surface area contributed by atoms with Crippen LogP contribution >= 0.6 is 0 Å². The van der Waals surface area contributed by atoms with Gasteiger partial charge in [-0.1, -0.05) is 0 Å². The van der Waals surface area contributed by atoms with Crippen molar-refractivity contribution in [1.29, 1.82) is 0 Å². The van der Waals surface area contributed by atoms with Gasteiger partial charge in [0.2, 0.25) is 0 Å². The average Bonchev–Trinajstić information content (AvgIpc) is 1.90. The summed E-state index contributed by atoms with van der Waals surface area (Å²) in [4.78, 5) is 0. The molecule has 0 N–H and O–H groups in total. The van der Waals surface area contributed by atoms with Crippen LogP contribution in [0.5, 0.6) is 0 Å². The molecule has 0 aromatic carbocycles. The Kier molecular flexibility index (Phi) is 7.27. The average molecular weight is 238 g/mol. The van der Waals surface area contributed by atoms with Crippen LogP contribution in [-0.4, -0.2) is 21.4 Å². The second-order valence-corrected chi connectivity index (χ2v) is 11.4. The molecule has 1 heteroatoms. The summed E-state index contributed by atoms with van der Waals surface area (Å²) in [5.74, 6) is 0. The van der Waals surface area contributed by atoms with E-state index in [1.165, 1.54) is 12.5 Å². The number of hydrogen-bond donors (Lipinski definition) is 0.